The highest BCUT2D eigenvalue weighted by Gasteiger charge is 2.22. The fourth-order valence-corrected chi connectivity index (χ4v) is 3.68. The quantitative estimate of drug-likeness (QED) is 0.656. The van der Waals surface area contributed by atoms with Gasteiger partial charge in [-0.15, -0.1) is 10.2 Å². The zero-order valence-corrected chi connectivity index (χ0v) is 16.9. The fourth-order valence-electron chi connectivity index (χ4n) is 2.77. The summed E-state index contributed by atoms with van der Waals surface area (Å²) in [4.78, 5) is 16.7. The summed E-state index contributed by atoms with van der Waals surface area (Å²) in [6.45, 7) is 8.42. The van der Waals surface area contributed by atoms with E-state index >= 15 is 0 Å². The van der Waals surface area contributed by atoms with Gasteiger partial charge in [0.1, 0.15) is 0 Å². The second-order valence-corrected chi connectivity index (χ2v) is 7.51. The summed E-state index contributed by atoms with van der Waals surface area (Å²) in [5.41, 5.74) is 3.45. The van der Waals surface area contributed by atoms with Gasteiger partial charge in [0.25, 0.3) is 0 Å². The molecular formula is C18H23N7OS. The molecule has 0 saturated carbocycles. The number of nitrogens with one attached hydrogen (secondary N) is 1. The topological polar surface area (TPSA) is 90.5 Å². The second kappa shape index (κ2) is 7.91. The highest BCUT2D eigenvalue weighted by Crippen LogP contribution is 2.28. The average Bonchev–Trinajstić information content (AvgIpc) is 3.17. The monoisotopic (exact) mass is 385 g/mol. The molecule has 3 heterocycles. The van der Waals surface area contributed by atoms with E-state index in [1.807, 2.05) is 51.4 Å². The van der Waals surface area contributed by atoms with Crippen molar-refractivity contribution in [3.8, 4) is 11.4 Å². The van der Waals surface area contributed by atoms with Crippen LogP contribution in [0.25, 0.3) is 11.4 Å². The number of aromatic nitrogens is 6. The van der Waals surface area contributed by atoms with Gasteiger partial charge in [0.2, 0.25) is 5.91 Å². The van der Waals surface area contributed by atoms with E-state index in [1.54, 1.807) is 17.1 Å². The van der Waals surface area contributed by atoms with Crippen molar-refractivity contribution in [2.24, 2.45) is 7.05 Å². The van der Waals surface area contributed by atoms with Crippen LogP contribution >= 0.6 is 11.8 Å². The van der Waals surface area contributed by atoms with Crippen molar-refractivity contribution in [2.45, 2.75) is 44.6 Å². The molecule has 27 heavy (non-hydrogen) atoms. The maximum Gasteiger partial charge on any atom is 0.237 e. The first kappa shape index (κ1) is 19.1. The van der Waals surface area contributed by atoms with Gasteiger partial charge >= 0.3 is 0 Å². The van der Waals surface area contributed by atoms with Crippen LogP contribution in [0.4, 0.5) is 5.69 Å². The third-order valence-corrected chi connectivity index (χ3v) is 5.46. The summed E-state index contributed by atoms with van der Waals surface area (Å²) in [7, 11) is 1.86. The van der Waals surface area contributed by atoms with E-state index in [4.69, 9.17) is 0 Å². The van der Waals surface area contributed by atoms with Gasteiger partial charge in [-0.3, -0.25) is 14.5 Å². The van der Waals surface area contributed by atoms with Crippen molar-refractivity contribution >= 4 is 23.4 Å². The van der Waals surface area contributed by atoms with E-state index in [0.29, 0.717) is 11.7 Å². The lowest BCUT2D eigenvalue weighted by atomic mass is 10.2. The summed E-state index contributed by atoms with van der Waals surface area (Å²) >= 11 is 1.39. The van der Waals surface area contributed by atoms with E-state index in [-0.39, 0.29) is 11.2 Å². The molecule has 0 radical (unpaired) electrons. The second-order valence-electron chi connectivity index (χ2n) is 6.21. The van der Waals surface area contributed by atoms with Gasteiger partial charge in [0.05, 0.1) is 22.3 Å². The van der Waals surface area contributed by atoms with Crippen LogP contribution in [0.5, 0.6) is 0 Å². The summed E-state index contributed by atoms with van der Waals surface area (Å²) in [6, 6.07) is 3.80. The van der Waals surface area contributed by atoms with Gasteiger partial charge < -0.3 is 9.88 Å². The third-order valence-electron chi connectivity index (χ3n) is 4.38. The first-order chi connectivity index (χ1) is 12.9. The van der Waals surface area contributed by atoms with Crippen LogP contribution < -0.4 is 5.32 Å². The molecule has 0 aromatic carbocycles. The normalized spacial score (nSPS) is 12.2. The number of hydrogen-bond donors (Lipinski definition) is 1. The van der Waals surface area contributed by atoms with E-state index in [9.17, 15) is 4.79 Å². The van der Waals surface area contributed by atoms with Gasteiger partial charge in [-0.05, 0) is 39.8 Å². The molecule has 142 valence electrons. The average molecular weight is 385 g/mol. The first-order valence-electron chi connectivity index (χ1n) is 8.73. The highest BCUT2D eigenvalue weighted by molar-refractivity contribution is 8.00. The lowest BCUT2D eigenvalue weighted by Gasteiger charge is -2.13. The van der Waals surface area contributed by atoms with Crippen LogP contribution in [0.15, 0.2) is 29.7 Å². The highest BCUT2D eigenvalue weighted by atomic mass is 32.2. The van der Waals surface area contributed by atoms with Crippen molar-refractivity contribution in [2.75, 3.05) is 5.32 Å². The minimum Gasteiger partial charge on any atom is -0.322 e. The smallest absolute Gasteiger partial charge is 0.237 e. The number of anilines is 1. The first-order valence-corrected chi connectivity index (χ1v) is 9.61. The van der Waals surface area contributed by atoms with Crippen LogP contribution in [0.2, 0.25) is 0 Å². The molecule has 3 rings (SSSR count). The SMILES string of the molecule is CCn1c(S[C@@H](C)C(=O)Nc2c(C)nn(C)c2C)nnc1-c1ccncc1. The Balaban J connectivity index is 1.77. The molecule has 1 amide bonds. The van der Waals surface area contributed by atoms with Crippen molar-refractivity contribution in [1.82, 2.24) is 29.5 Å². The van der Waals surface area contributed by atoms with E-state index in [1.165, 1.54) is 11.8 Å². The molecule has 8 nitrogen and oxygen atoms in total. The predicted molar refractivity (Wildman–Crippen MR) is 106 cm³/mol. The standard InChI is InChI=1S/C18H23N7OS/c1-6-25-16(14-7-9-19-10-8-14)21-22-18(25)27-13(4)17(26)20-15-11(2)23-24(5)12(15)3/h7-10,13H,6H2,1-5H3,(H,20,26)/t13-/m0/s1. The van der Waals surface area contributed by atoms with Gasteiger partial charge in [-0.2, -0.15) is 5.10 Å². The number of amides is 1. The molecule has 9 heteroatoms. The lowest BCUT2D eigenvalue weighted by Crippen LogP contribution is -2.23. The van der Waals surface area contributed by atoms with Crippen LogP contribution in [0.3, 0.4) is 0 Å². The van der Waals surface area contributed by atoms with E-state index in [2.05, 4.69) is 25.6 Å². The minimum absolute atomic E-state index is 0.0877. The van der Waals surface area contributed by atoms with E-state index < -0.39 is 0 Å². The number of aryl methyl sites for hydroxylation is 2. The molecule has 0 aliphatic rings. The number of pyridine rings is 1. The van der Waals surface area contributed by atoms with Crippen LogP contribution in [0.1, 0.15) is 25.2 Å². The number of nitrogens with zero attached hydrogens (tertiary/aromatic N) is 6. The van der Waals surface area contributed by atoms with Gasteiger partial charge in [-0.1, -0.05) is 11.8 Å². The number of thioether (sulfide) groups is 1. The molecule has 1 atom stereocenters. The lowest BCUT2D eigenvalue weighted by molar-refractivity contribution is -0.115. The zero-order valence-electron chi connectivity index (χ0n) is 16.1. The third kappa shape index (κ3) is 3.87. The largest absolute Gasteiger partial charge is 0.322 e. The maximum absolute atomic E-state index is 12.7. The Kier molecular flexibility index (Phi) is 5.59. The molecule has 0 aliphatic heterocycles. The Hall–Kier alpha value is -2.68. The molecule has 0 spiro atoms. The van der Waals surface area contributed by atoms with Crippen molar-refractivity contribution in [3.05, 3.63) is 35.9 Å². The Bertz CT molecular complexity index is 948. The molecule has 0 bridgehead atoms. The molecule has 3 aromatic rings. The zero-order chi connectivity index (χ0) is 19.6. The fraction of sp³-hybridized carbons (Fsp3) is 0.389. The summed E-state index contributed by atoms with van der Waals surface area (Å²) in [5.74, 6) is 0.685. The van der Waals surface area contributed by atoms with Crippen LogP contribution in [-0.4, -0.2) is 40.7 Å². The Morgan fingerprint density at radius 2 is 1.96 bits per heavy atom. The van der Waals surface area contributed by atoms with Gasteiger partial charge in [0, 0.05) is 31.5 Å². The predicted octanol–water partition coefficient (Wildman–Crippen LogP) is 2.83. The van der Waals surface area contributed by atoms with E-state index in [0.717, 1.165) is 28.5 Å². The van der Waals surface area contributed by atoms with Crippen molar-refractivity contribution in [3.63, 3.8) is 0 Å². The number of carbonyl (C=O) groups is 1. The molecule has 3 aromatic heterocycles. The summed E-state index contributed by atoms with van der Waals surface area (Å²) < 4.78 is 3.77. The van der Waals surface area contributed by atoms with Crippen LogP contribution in [0, 0.1) is 13.8 Å². The van der Waals surface area contributed by atoms with Gasteiger partial charge in [0.15, 0.2) is 11.0 Å². The van der Waals surface area contributed by atoms with Crippen molar-refractivity contribution < 1.29 is 4.79 Å². The van der Waals surface area contributed by atoms with Crippen molar-refractivity contribution in [1.29, 1.82) is 0 Å². The maximum atomic E-state index is 12.7. The van der Waals surface area contributed by atoms with Gasteiger partial charge in [-0.25, -0.2) is 0 Å². The Morgan fingerprint density at radius 3 is 2.56 bits per heavy atom. The number of rotatable bonds is 6. The molecule has 0 fully saturated rings. The minimum atomic E-state index is -0.330. The molecule has 1 N–H and O–H groups in total. The summed E-state index contributed by atoms with van der Waals surface area (Å²) in [5, 5.41) is 16.3. The number of hydrogen-bond acceptors (Lipinski definition) is 6. The summed E-state index contributed by atoms with van der Waals surface area (Å²) in [6.07, 6.45) is 3.46. The molecule has 0 aliphatic carbocycles. The molecule has 0 unspecified atom stereocenters. The van der Waals surface area contributed by atoms with Crippen LogP contribution in [-0.2, 0) is 18.4 Å². The Labute approximate surface area is 162 Å². The molecular weight excluding hydrogens is 362 g/mol. The Morgan fingerprint density at radius 1 is 1.26 bits per heavy atom. The number of carbonyl (C=O) groups excluding carboxylic acids is 1. The molecule has 0 saturated heterocycles.